The van der Waals surface area contributed by atoms with E-state index in [1.54, 1.807) is 0 Å². The van der Waals surface area contributed by atoms with Gasteiger partial charge in [0.15, 0.2) is 0 Å². The van der Waals surface area contributed by atoms with E-state index in [2.05, 4.69) is 30.6 Å². The molecule has 64 valence electrons. The Bertz CT molecular complexity index is 169. The van der Waals surface area contributed by atoms with Crippen LogP contribution in [0.5, 0.6) is 0 Å². The smallest absolute Gasteiger partial charge is 0.111 e. The fourth-order valence-electron chi connectivity index (χ4n) is 1.58. The fourth-order valence-corrected chi connectivity index (χ4v) is 3.50. The van der Waals surface area contributed by atoms with Crippen molar-refractivity contribution >= 4 is 8.07 Å². The molecule has 0 bridgehead atoms. The molecule has 11 heavy (non-hydrogen) atoms. The van der Waals surface area contributed by atoms with E-state index >= 15 is 0 Å². The Morgan fingerprint density at radius 2 is 2.18 bits per heavy atom. The van der Waals surface area contributed by atoms with Gasteiger partial charge in [-0.1, -0.05) is 30.9 Å². The molecule has 3 heteroatoms. The molecule has 0 aliphatic heterocycles. The average molecular weight is 172 g/mol. The lowest BCUT2D eigenvalue weighted by Gasteiger charge is -2.22. The molecule has 0 aromatic heterocycles. The summed E-state index contributed by atoms with van der Waals surface area (Å²) >= 11 is 0. The van der Waals surface area contributed by atoms with E-state index in [1.165, 1.54) is 5.20 Å². The Hall–Kier alpha value is -0.123. The second-order valence-corrected chi connectivity index (χ2v) is 9.16. The number of rotatable bonds is 2. The van der Waals surface area contributed by atoms with Gasteiger partial charge in [-0.3, -0.25) is 5.26 Å². The van der Waals surface area contributed by atoms with Gasteiger partial charge in [-0.15, -0.1) is 0 Å². The number of allylic oxidation sites excluding steroid dienone is 1. The third-order valence-corrected chi connectivity index (χ3v) is 4.39. The Balaban J connectivity index is 2.71. The summed E-state index contributed by atoms with van der Waals surface area (Å²) in [5.74, 6) is 0. The van der Waals surface area contributed by atoms with Crippen LogP contribution in [-0.2, 0) is 4.89 Å². The Morgan fingerprint density at radius 3 is 2.55 bits per heavy atom. The molecule has 0 spiro atoms. The summed E-state index contributed by atoms with van der Waals surface area (Å²) in [5.41, 5.74) is 0. The Labute approximate surface area is 68.8 Å². The van der Waals surface area contributed by atoms with Gasteiger partial charge in [0.25, 0.3) is 0 Å². The highest BCUT2D eigenvalue weighted by atomic mass is 28.3. The minimum Gasteiger partial charge on any atom is -0.251 e. The van der Waals surface area contributed by atoms with Gasteiger partial charge in [0.1, 0.15) is 6.10 Å². The number of hydrogen-bond donors (Lipinski definition) is 1. The maximum absolute atomic E-state index is 8.58. The minimum atomic E-state index is -1.23. The van der Waals surface area contributed by atoms with Crippen LogP contribution in [0.1, 0.15) is 12.8 Å². The molecule has 1 aliphatic rings. The van der Waals surface area contributed by atoms with Gasteiger partial charge in [0.2, 0.25) is 0 Å². The zero-order valence-electron chi connectivity index (χ0n) is 7.42. The molecule has 2 nitrogen and oxygen atoms in total. The third kappa shape index (κ3) is 1.92. The molecule has 1 atom stereocenters. The van der Waals surface area contributed by atoms with E-state index in [0.29, 0.717) is 0 Å². The van der Waals surface area contributed by atoms with E-state index in [1.807, 2.05) is 0 Å². The van der Waals surface area contributed by atoms with Gasteiger partial charge >= 0.3 is 0 Å². The van der Waals surface area contributed by atoms with Crippen molar-refractivity contribution in [1.82, 2.24) is 0 Å². The fraction of sp³-hybridized carbons (Fsp3) is 0.750. The molecule has 0 saturated heterocycles. The highest BCUT2D eigenvalue weighted by Crippen LogP contribution is 2.29. The van der Waals surface area contributed by atoms with Crippen molar-refractivity contribution in [3.63, 3.8) is 0 Å². The summed E-state index contributed by atoms with van der Waals surface area (Å²) in [6.07, 6.45) is 4.25. The minimum absolute atomic E-state index is 0.00154. The highest BCUT2D eigenvalue weighted by Gasteiger charge is 2.30. The van der Waals surface area contributed by atoms with Gasteiger partial charge in [-0.25, -0.2) is 4.89 Å². The second-order valence-electron chi connectivity index (χ2n) is 4.08. The quantitative estimate of drug-likeness (QED) is 0.394. The SMILES string of the molecule is C[Si](C)(C)C1=CCC[C@@H]1OO. The van der Waals surface area contributed by atoms with Crippen LogP contribution in [0.25, 0.3) is 0 Å². The van der Waals surface area contributed by atoms with Crippen LogP contribution in [-0.4, -0.2) is 19.4 Å². The predicted octanol–water partition coefficient (Wildman–Crippen LogP) is 2.44. The molecule has 0 unspecified atom stereocenters. The molecule has 0 fully saturated rings. The first-order valence-electron chi connectivity index (χ1n) is 4.06. The van der Waals surface area contributed by atoms with Crippen molar-refractivity contribution in [1.29, 1.82) is 0 Å². The molecule has 1 aliphatic carbocycles. The monoisotopic (exact) mass is 172 g/mol. The van der Waals surface area contributed by atoms with Crippen LogP contribution in [0.4, 0.5) is 0 Å². The van der Waals surface area contributed by atoms with Crippen LogP contribution in [0.3, 0.4) is 0 Å². The van der Waals surface area contributed by atoms with E-state index < -0.39 is 8.07 Å². The average Bonchev–Trinajstić information content (AvgIpc) is 2.31. The molecule has 0 amide bonds. The first kappa shape index (κ1) is 8.97. The van der Waals surface area contributed by atoms with Crippen molar-refractivity contribution in [3.05, 3.63) is 11.3 Å². The second kappa shape index (κ2) is 3.09. The zero-order valence-corrected chi connectivity index (χ0v) is 8.42. The van der Waals surface area contributed by atoms with Gasteiger partial charge in [-0.2, -0.15) is 0 Å². The van der Waals surface area contributed by atoms with Crippen LogP contribution in [0, 0.1) is 0 Å². The summed E-state index contributed by atoms with van der Waals surface area (Å²) in [6.45, 7) is 6.82. The van der Waals surface area contributed by atoms with Crippen LogP contribution in [0.2, 0.25) is 19.6 Å². The van der Waals surface area contributed by atoms with Crippen molar-refractivity contribution in [2.24, 2.45) is 0 Å². The maximum Gasteiger partial charge on any atom is 0.111 e. The first-order chi connectivity index (χ1) is 5.05. The lowest BCUT2D eigenvalue weighted by molar-refractivity contribution is -0.266. The molecule has 0 aromatic carbocycles. The highest BCUT2D eigenvalue weighted by molar-refractivity contribution is 6.83. The molecular weight excluding hydrogens is 156 g/mol. The molecular formula is C8H16O2Si. The van der Waals surface area contributed by atoms with Gasteiger partial charge in [0.05, 0.1) is 8.07 Å². The largest absolute Gasteiger partial charge is 0.251 e. The molecule has 1 rings (SSSR count). The topological polar surface area (TPSA) is 29.5 Å². The maximum atomic E-state index is 8.58. The summed E-state index contributed by atoms with van der Waals surface area (Å²) in [6, 6.07) is 0. The van der Waals surface area contributed by atoms with Crippen molar-refractivity contribution in [3.8, 4) is 0 Å². The summed E-state index contributed by atoms with van der Waals surface area (Å²) < 4.78 is 0. The normalized spacial score (nSPS) is 25.5. The van der Waals surface area contributed by atoms with Crippen molar-refractivity contribution < 1.29 is 10.1 Å². The summed E-state index contributed by atoms with van der Waals surface area (Å²) in [5, 5.41) is 9.94. The summed E-state index contributed by atoms with van der Waals surface area (Å²) in [7, 11) is -1.23. The van der Waals surface area contributed by atoms with E-state index in [4.69, 9.17) is 5.26 Å². The van der Waals surface area contributed by atoms with Crippen LogP contribution >= 0.6 is 0 Å². The first-order valence-corrected chi connectivity index (χ1v) is 7.56. The van der Waals surface area contributed by atoms with Crippen LogP contribution < -0.4 is 0 Å². The Morgan fingerprint density at radius 1 is 1.55 bits per heavy atom. The predicted molar refractivity (Wildman–Crippen MR) is 48.2 cm³/mol. The lowest BCUT2D eigenvalue weighted by Crippen LogP contribution is -2.30. The Kier molecular flexibility index (Phi) is 2.52. The molecule has 1 N–H and O–H groups in total. The molecule has 0 heterocycles. The van der Waals surface area contributed by atoms with Crippen molar-refractivity contribution in [2.75, 3.05) is 0 Å². The van der Waals surface area contributed by atoms with Gasteiger partial charge in [0, 0.05) is 0 Å². The van der Waals surface area contributed by atoms with E-state index in [0.717, 1.165) is 12.8 Å². The van der Waals surface area contributed by atoms with Gasteiger partial charge < -0.3 is 0 Å². The van der Waals surface area contributed by atoms with E-state index in [-0.39, 0.29) is 6.10 Å². The van der Waals surface area contributed by atoms with Crippen molar-refractivity contribution in [2.45, 2.75) is 38.6 Å². The van der Waals surface area contributed by atoms with Crippen LogP contribution in [0.15, 0.2) is 11.3 Å². The standard InChI is InChI=1S/C8H16O2Si/c1-11(2,3)8-6-4-5-7(8)10-9/h6-7,9H,4-5H2,1-3H3/t7-/m0/s1. The van der Waals surface area contributed by atoms with Gasteiger partial charge in [-0.05, 0) is 12.8 Å². The third-order valence-electron chi connectivity index (χ3n) is 2.13. The van der Waals surface area contributed by atoms with E-state index in [9.17, 15) is 0 Å². The molecule has 0 aromatic rings. The zero-order chi connectivity index (χ0) is 8.48. The lowest BCUT2D eigenvalue weighted by atomic mass is 10.3. The summed E-state index contributed by atoms with van der Waals surface area (Å²) in [4.78, 5) is 4.42. The molecule has 0 radical (unpaired) electrons. The molecule has 0 saturated carbocycles. The number of hydrogen-bond acceptors (Lipinski definition) is 2.